The van der Waals surface area contributed by atoms with Crippen molar-refractivity contribution < 1.29 is 23.0 Å². The summed E-state index contributed by atoms with van der Waals surface area (Å²) in [6.07, 6.45) is 0.808. The monoisotopic (exact) mass is 302 g/mol. The van der Waals surface area contributed by atoms with Crippen LogP contribution in [0.15, 0.2) is 24.3 Å². The van der Waals surface area contributed by atoms with Crippen LogP contribution in [0.2, 0.25) is 0 Å². The highest BCUT2D eigenvalue weighted by Crippen LogP contribution is 2.39. The van der Waals surface area contributed by atoms with Gasteiger partial charge < -0.3 is 9.84 Å². The topological polar surface area (TPSA) is 29.5 Å². The Kier molecular flexibility index (Phi) is 4.81. The maximum atomic E-state index is 12.1. The van der Waals surface area contributed by atoms with Gasteiger partial charge in [-0.15, -0.1) is 13.2 Å². The molecule has 5 heteroatoms. The summed E-state index contributed by atoms with van der Waals surface area (Å²) in [5.41, 5.74) is 0.739. The van der Waals surface area contributed by atoms with Gasteiger partial charge in [0.05, 0.1) is 6.10 Å². The third-order valence-electron chi connectivity index (χ3n) is 4.39. The highest BCUT2D eigenvalue weighted by molar-refractivity contribution is 5.28. The van der Waals surface area contributed by atoms with E-state index in [4.69, 9.17) is 0 Å². The first-order valence-electron chi connectivity index (χ1n) is 7.31. The molecular weight excluding hydrogens is 281 g/mol. The normalized spacial score (nSPS) is 20.0. The van der Waals surface area contributed by atoms with E-state index in [1.807, 2.05) is 0 Å². The van der Waals surface area contributed by atoms with E-state index in [-0.39, 0.29) is 11.2 Å². The van der Waals surface area contributed by atoms with Gasteiger partial charge in [-0.2, -0.15) is 0 Å². The number of hydrogen-bond donors (Lipinski definition) is 1. The molecule has 0 aromatic heterocycles. The Morgan fingerprint density at radius 3 is 2.24 bits per heavy atom. The van der Waals surface area contributed by atoms with Gasteiger partial charge in [-0.05, 0) is 42.4 Å². The van der Waals surface area contributed by atoms with Gasteiger partial charge in [-0.3, -0.25) is 0 Å². The summed E-state index contributed by atoms with van der Waals surface area (Å²) < 4.78 is 40.1. The van der Waals surface area contributed by atoms with Crippen molar-refractivity contribution in [2.24, 2.45) is 5.41 Å². The van der Waals surface area contributed by atoms with E-state index in [1.165, 1.54) is 18.6 Å². The van der Waals surface area contributed by atoms with Gasteiger partial charge in [-0.1, -0.05) is 38.3 Å². The van der Waals surface area contributed by atoms with Crippen LogP contribution in [0, 0.1) is 5.41 Å². The van der Waals surface area contributed by atoms with E-state index < -0.39 is 12.5 Å². The molecule has 1 unspecified atom stereocenters. The Labute approximate surface area is 122 Å². The molecule has 1 aromatic carbocycles. The fourth-order valence-corrected chi connectivity index (χ4v) is 2.99. The van der Waals surface area contributed by atoms with Crippen LogP contribution in [0.1, 0.15) is 44.6 Å². The molecule has 0 radical (unpaired) electrons. The summed E-state index contributed by atoms with van der Waals surface area (Å²) in [4.78, 5) is 0. The molecule has 1 aliphatic rings. The summed E-state index contributed by atoms with van der Waals surface area (Å²) in [5.74, 6) is -0.232. The van der Waals surface area contributed by atoms with Gasteiger partial charge >= 0.3 is 6.36 Å². The lowest BCUT2D eigenvalue weighted by Gasteiger charge is -2.38. The molecule has 1 saturated carbocycles. The first-order valence-corrected chi connectivity index (χ1v) is 7.31. The standard InChI is InChI=1S/C16H21F3O2/c1-15(9-3-2-4-10-15)14(20)11-12-5-7-13(8-6-12)21-16(17,18)19/h5-8,14,20H,2-4,9-11H2,1H3. The Morgan fingerprint density at radius 2 is 1.71 bits per heavy atom. The molecule has 0 saturated heterocycles. The van der Waals surface area contributed by atoms with Gasteiger partial charge in [0.2, 0.25) is 0 Å². The van der Waals surface area contributed by atoms with Crippen molar-refractivity contribution in [1.29, 1.82) is 0 Å². The second-order valence-electron chi connectivity index (χ2n) is 6.13. The third kappa shape index (κ3) is 4.63. The summed E-state index contributed by atoms with van der Waals surface area (Å²) in [5, 5.41) is 10.4. The van der Waals surface area contributed by atoms with Crippen molar-refractivity contribution in [3.05, 3.63) is 29.8 Å². The van der Waals surface area contributed by atoms with Crippen molar-refractivity contribution in [2.45, 2.75) is 57.9 Å². The number of aliphatic hydroxyl groups excluding tert-OH is 1. The van der Waals surface area contributed by atoms with Crippen molar-refractivity contribution in [3.8, 4) is 5.75 Å². The third-order valence-corrected chi connectivity index (χ3v) is 4.39. The zero-order chi connectivity index (χ0) is 15.5. The minimum absolute atomic E-state index is 0.0839. The summed E-state index contributed by atoms with van der Waals surface area (Å²) in [6, 6.07) is 5.74. The van der Waals surface area contributed by atoms with Crippen LogP contribution in [0.5, 0.6) is 5.75 Å². The predicted molar refractivity (Wildman–Crippen MR) is 74.0 cm³/mol. The SMILES string of the molecule is CC1(C(O)Cc2ccc(OC(F)(F)F)cc2)CCCCC1. The maximum absolute atomic E-state index is 12.1. The van der Waals surface area contributed by atoms with Crippen molar-refractivity contribution in [2.75, 3.05) is 0 Å². The number of hydrogen-bond acceptors (Lipinski definition) is 2. The molecule has 1 aliphatic carbocycles. The zero-order valence-electron chi connectivity index (χ0n) is 12.1. The van der Waals surface area contributed by atoms with Gasteiger partial charge in [0.25, 0.3) is 0 Å². The molecule has 0 heterocycles. The van der Waals surface area contributed by atoms with E-state index in [0.29, 0.717) is 6.42 Å². The largest absolute Gasteiger partial charge is 0.573 e. The molecule has 0 amide bonds. The van der Waals surface area contributed by atoms with Crippen LogP contribution in [0.25, 0.3) is 0 Å². The first-order chi connectivity index (χ1) is 9.78. The van der Waals surface area contributed by atoms with E-state index in [1.54, 1.807) is 12.1 Å². The number of alkyl halides is 3. The number of aliphatic hydroxyl groups is 1. The van der Waals surface area contributed by atoms with Crippen molar-refractivity contribution >= 4 is 0 Å². The predicted octanol–water partition coefficient (Wildman–Crippen LogP) is 4.46. The fraction of sp³-hybridized carbons (Fsp3) is 0.625. The lowest BCUT2D eigenvalue weighted by Crippen LogP contribution is -2.35. The van der Waals surface area contributed by atoms with Gasteiger partial charge in [0.1, 0.15) is 5.75 Å². The molecule has 2 rings (SSSR count). The molecule has 1 N–H and O–H groups in total. The summed E-state index contributed by atoms with van der Waals surface area (Å²) in [7, 11) is 0. The van der Waals surface area contributed by atoms with Crippen LogP contribution in [0.3, 0.4) is 0 Å². The van der Waals surface area contributed by atoms with Crippen LogP contribution < -0.4 is 4.74 Å². The van der Waals surface area contributed by atoms with E-state index >= 15 is 0 Å². The smallest absolute Gasteiger partial charge is 0.406 e. The Morgan fingerprint density at radius 1 is 1.14 bits per heavy atom. The highest BCUT2D eigenvalue weighted by Gasteiger charge is 2.34. The molecule has 0 aliphatic heterocycles. The maximum Gasteiger partial charge on any atom is 0.573 e. The average Bonchev–Trinajstić information content (AvgIpc) is 2.40. The lowest BCUT2D eigenvalue weighted by atomic mass is 9.70. The molecule has 1 fully saturated rings. The molecule has 1 atom stereocenters. The Balaban J connectivity index is 1.96. The molecule has 0 bridgehead atoms. The van der Waals surface area contributed by atoms with E-state index in [0.717, 1.165) is 31.2 Å². The van der Waals surface area contributed by atoms with Crippen LogP contribution >= 0.6 is 0 Å². The molecule has 118 valence electrons. The van der Waals surface area contributed by atoms with Crippen molar-refractivity contribution in [1.82, 2.24) is 0 Å². The molecule has 0 spiro atoms. The second-order valence-corrected chi connectivity index (χ2v) is 6.13. The number of benzene rings is 1. The van der Waals surface area contributed by atoms with Crippen LogP contribution in [0.4, 0.5) is 13.2 Å². The quantitative estimate of drug-likeness (QED) is 0.890. The van der Waals surface area contributed by atoms with Crippen LogP contribution in [-0.2, 0) is 6.42 Å². The second kappa shape index (κ2) is 6.26. The lowest BCUT2D eigenvalue weighted by molar-refractivity contribution is -0.274. The number of halogens is 3. The summed E-state index contributed by atoms with van der Waals surface area (Å²) in [6.45, 7) is 2.10. The average molecular weight is 302 g/mol. The molecule has 1 aromatic rings. The van der Waals surface area contributed by atoms with Crippen molar-refractivity contribution in [3.63, 3.8) is 0 Å². The number of ether oxygens (including phenoxy) is 1. The highest BCUT2D eigenvalue weighted by atomic mass is 19.4. The summed E-state index contributed by atoms with van der Waals surface area (Å²) >= 11 is 0. The minimum atomic E-state index is -4.67. The van der Waals surface area contributed by atoms with E-state index in [2.05, 4.69) is 11.7 Å². The zero-order valence-corrected chi connectivity index (χ0v) is 12.1. The van der Waals surface area contributed by atoms with Gasteiger partial charge in [0.15, 0.2) is 0 Å². The van der Waals surface area contributed by atoms with Crippen LogP contribution in [-0.4, -0.2) is 17.6 Å². The fourth-order valence-electron chi connectivity index (χ4n) is 2.99. The Hall–Kier alpha value is -1.23. The van der Waals surface area contributed by atoms with Gasteiger partial charge in [-0.25, -0.2) is 0 Å². The molecular formula is C16H21F3O2. The van der Waals surface area contributed by atoms with E-state index in [9.17, 15) is 18.3 Å². The molecule has 21 heavy (non-hydrogen) atoms. The Bertz CT molecular complexity index is 448. The minimum Gasteiger partial charge on any atom is -0.406 e. The number of rotatable bonds is 4. The van der Waals surface area contributed by atoms with Gasteiger partial charge in [0, 0.05) is 0 Å². The molecule has 2 nitrogen and oxygen atoms in total. The first kappa shape index (κ1) is 16.1.